The van der Waals surface area contributed by atoms with E-state index in [1.54, 1.807) is 36.5 Å². The maximum Gasteiger partial charge on any atom is 0.421 e. The van der Waals surface area contributed by atoms with E-state index >= 15 is 0 Å². The summed E-state index contributed by atoms with van der Waals surface area (Å²) in [6.45, 7) is 0. The first kappa shape index (κ1) is 17.1. The molecule has 0 aliphatic heterocycles. The van der Waals surface area contributed by atoms with Crippen molar-refractivity contribution in [3.63, 3.8) is 0 Å². The number of fused-ring (bicyclic) bond motifs is 1. The first-order chi connectivity index (χ1) is 11.9. The predicted molar refractivity (Wildman–Crippen MR) is 89.6 cm³/mol. The van der Waals surface area contributed by atoms with Crippen molar-refractivity contribution in [2.24, 2.45) is 0 Å². The highest BCUT2D eigenvalue weighted by Crippen LogP contribution is 2.41. The van der Waals surface area contributed by atoms with E-state index < -0.39 is 18.2 Å². The molecule has 0 bridgehead atoms. The van der Waals surface area contributed by atoms with Crippen LogP contribution in [0.2, 0.25) is 0 Å². The van der Waals surface area contributed by atoms with Crippen LogP contribution in [0.4, 0.5) is 13.2 Å². The maximum absolute atomic E-state index is 13.4. The lowest BCUT2D eigenvalue weighted by Gasteiger charge is -2.30. The molecule has 0 fully saturated rings. The lowest BCUT2D eigenvalue weighted by Crippen LogP contribution is -2.41. The third kappa shape index (κ3) is 3.53. The number of halogens is 3. The molecule has 2 aromatic heterocycles. The Morgan fingerprint density at radius 3 is 2.40 bits per heavy atom. The van der Waals surface area contributed by atoms with Gasteiger partial charge in [-0.05, 0) is 35.9 Å². The summed E-state index contributed by atoms with van der Waals surface area (Å²) in [7, 11) is 0. The van der Waals surface area contributed by atoms with Crippen LogP contribution >= 0.6 is 0 Å². The SMILES string of the molecule is O[C@](C/C=C/c1ccc2ncccc2n1)(c1ccccc1)C(F)(F)F. The smallest absolute Gasteiger partial charge is 0.376 e. The minimum atomic E-state index is -4.79. The van der Waals surface area contributed by atoms with Crippen molar-refractivity contribution in [3.05, 3.63) is 78.1 Å². The Bertz CT molecular complexity index is 894. The minimum Gasteiger partial charge on any atom is -0.376 e. The van der Waals surface area contributed by atoms with Crippen molar-refractivity contribution in [1.82, 2.24) is 9.97 Å². The lowest BCUT2D eigenvalue weighted by atomic mass is 9.89. The van der Waals surface area contributed by atoms with Gasteiger partial charge in [-0.25, -0.2) is 4.98 Å². The van der Waals surface area contributed by atoms with Crippen LogP contribution < -0.4 is 0 Å². The summed E-state index contributed by atoms with van der Waals surface area (Å²) < 4.78 is 40.2. The van der Waals surface area contributed by atoms with Crippen molar-refractivity contribution >= 4 is 17.1 Å². The molecule has 2 heterocycles. The van der Waals surface area contributed by atoms with E-state index in [2.05, 4.69) is 9.97 Å². The number of benzene rings is 1. The highest BCUT2D eigenvalue weighted by Gasteiger charge is 2.53. The minimum absolute atomic E-state index is 0.192. The first-order valence-corrected chi connectivity index (χ1v) is 7.63. The Balaban J connectivity index is 1.86. The average molecular weight is 344 g/mol. The van der Waals surface area contributed by atoms with Gasteiger partial charge in [0.2, 0.25) is 0 Å². The molecule has 1 atom stereocenters. The zero-order valence-corrected chi connectivity index (χ0v) is 13.1. The summed E-state index contributed by atoms with van der Waals surface area (Å²) >= 11 is 0. The fourth-order valence-corrected chi connectivity index (χ4v) is 2.53. The predicted octanol–water partition coefficient (Wildman–Crippen LogP) is 4.48. The van der Waals surface area contributed by atoms with Gasteiger partial charge >= 0.3 is 6.18 Å². The van der Waals surface area contributed by atoms with Gasteiger partial charge in [-0.3, -0.25) is 4.98 Å². The highest BCUT2D eigenvalue weighted by atomic mass is 19.4. The number of aliphatic hydroxyl groups is 1. The van der Waals surface area contributed by atoms with Crippen LogP contribution in [-0.2, 0) is 5.60 Å². The Morgan fingerprint density at radius 2 is 1.68 bits per heavy atom. The topological polar surface area (TPSA) is 46.0 Å². The van der Waals surface area contributed by atoms with Crippen molar-refractivity contribution in [2.45, 2.75) is 18.2 Å². The van der Waals surface area contributed by atoms with Crippen LogP contribution in [0.25, 0.3) is 17.1 Å². The Hall–Kier alpha value is -2.73. The largest absolute Gasteiger partial charge is 0.421 e. The normalized spacial score (nSPS) is 14.7. The summed E-state index contributed by atoms with van der Waals surface area (Å²) in [5, 5.41) is 10.3. The second-order valence-corrected chi connectivity index (χ2v) is 5.61. The molecular weight excluding hydrogens is 329 g/mol. The molecule has 0 aliphatic carbocycles. The van der Waals surface area contributed by atoms with Gasteiger partial charge in [-0.2, -0.15) is 13.2 Å². The number of aromatic nitrogens is 2. The quantitative estimate of drug-likeness (QED) is 0.759. The molecule has 0 unspecified atom stereocenters. The van der Waals surface area contributed by atoms with Crippen molar-refractivity contribution in [3.8, 4) is 0 Å². The number of hydrogen-bond acceptors (Lipinski definition) is 3. The third-order valence-corrected chi connectivity index (χ3v) is 3.90. The summed E-state index contributed by atoms with van der Waals surface area (Å²) in [6, 6.07) is 14.0. The molecule has 6 heteroatoms. The fourth-order valence-electron chi connectivity index (χ4n) is 2.53. The molecular formula is C19H15F3N2O. The van der Waals surface area contributed by atoms with Gasteiger partial charge in [-0.1, -0.05) is 36.4 Å². The Morgan fingerprint density at radius 1 is 0.920 bits per heavy atom. The van der Waals surface area contributed by atoms with Crippen LogP contribution in [-0.4, -0.2) is 21.3 Å². The van der Waals surface area contributed by atoms with Crippen molar-refractivity contribution in [2.75, 3.05) is 0 Å². The number of pyridine rings is 2. The van der Waals surface area contributed by atoms with Gasteiger partial charge in [-0.15, -0.1) is 0 Å². The zero-order valence-electron chi connectivity index (χ0n) is 13.1. The van der Waals surface area contributed by atoms with Gasteiger partial charge in [0, 0.05) is 12.6 Å². The molecule has 25 heavy (non-hydrogen) atoms. The van der Waals surface area contributed by atoms with Crippen LogP contribution in [0.1, 0.15) is 17.7 Å². The molecule has 3 nitrogen and oxygen atoms in total. The molecule has 0 aliphatic rings. The fraction of sp³-hybridized carbons (Fsp3) is 0.158. The first-order valence-electron chi connectivity index (χ1n) is 7.63. The van der Waals surface area contributed by atoms with E-state index in [9.17, 15) is 18.3 Å². The molecule has 1 N–H and O–H groups in total. The maximum atomic E-state index is 13.4. The summed E-state index contributed by atoms with van der Waals surface area (Å²) in [4.78, 5) is 8.46. The number of alkyl halides is 3. The number of rotatable bonds is 4. The molecule has 0 radical (unpaired) electrons. The van der Waals surface area contributed by atoms with Crippen LogP contribution in [0.15, 0.2) is 66.9 Å². The Labute approximate surface area is 142 Å². The number of nitrogens with zero attached hydrogens (tertiary/aromatic N) is 2. The molecule has 128 valence electrons. The molecule has 0 spiro atoms. The van der Waals surface area contributed by atoms with Gasteiger partial charge < -0.3 is 5.11 Å². The molecule has 0 saturated carbocycles. The summed E-state index contributed by atoms with van der Waals surface area (Å²) in [5.41, 5.74) is -1.28. The van der Waals surface area contributed by atoms with Crippen LogP contribution in [0.5, 0.6) is 0 Å². The summed E-state index contributed by atoms with van der Waals surface area (Å²) in [6.07, 6.45) is -1.01. The standard InChI is InChI=1S/C19H15F3N2O/c20-19(21,22)18(25,14-6-2-1-3-7-14)12-4-8-15-10-11-16-17(24-15)9-5-13-23-16/h1-11,13,25H,12H2/b8-4+/t18-/m1/s1. The number of hydrogen-bond donors (Lipinski definition) is 1. The highest BCUT2D eigenvalue weighted by molar-refractivity contribution is 5.75. The molecule has 3 aromatic rings. The lowest BCUT2D eigenvalue weighted by molar-refractivity contribution is -0.265. The van der Waals surface area contributed by atoms with Crippen LogP contribution in [0, 0.1) is 0 Å². The summed E-state index contributed by atoms with van der Waals surface area (Å²) in [5.74, 6) is 0. The van der Waals surface area contributed by atoms with E-state index in [0.29, 0.717) is 16.7 Å². The molecule has 0 amide bonds. The van der Waals surface area contributed by atoms with E-state index in [1.807, 2.05) is 0 Å². The van der Waals surface area contributed by atoms with Gasteiger partial charge in [0.05, 0.1) is 16.7 Å². The van der Waals surface area contributed by atoms with E-state index in [0.717, 1.165) is 0 Å². The van der Waals surface area contributed by atoms with Crippen molar-refractivity contribution in [1.29, 1.82) is 0 Å². The second-order valence-electron chi connectivity index (χ2n) is 5.61. The third-order valence-electron chi connectivity index (χ3n) is 3.90. The van der Waals surface area contributed by atoms with Gasteiger partial charge in [0.1, 0.15) is 0 Å². The molecule has 3 rings (SSSR count). The Kier molecular flexibility index (Phi) is 4.55. The zero-order chi connectivity index (χ0) is 17.9. The van der Waals surface area contributed by atoms with E-state index in [1.165, 1.54) is 36.4 Å². The van der Waals surface area contributed by atoms with Crippen LogP contribution in [0.3, 0.4) is 0 Å². The average Bonchev–Trinajstić information content (AvgIpc) is 2.61. The van der Waals surface area contributed by atoms with Gasteiger partial charge in [0.15, 0.2) is 5.60 Å². The molecule has 0 saturated heterocycles. The van der Waals surface area contributed by atoms with E-state index in [-0.39, 0.29) is 5.56 Å². The van der Waals surface area contributed by atoms with Crippen molar-refractivity contribution < 1.29 is 18.3 Å². The second kappa shape index (κ2) is 6.64. The monoisotopic (exact) mass is 344 g/mol. The van der Waals surface area contributed by atoms with E-state index in [4.69, 9.17) is 0 Å². The van der Waals surface area contributed by atoms with Gasteiger partial charge in [0.25, 0.3) is 0 Å². The molecule has 1 aromatic carbocycles.